The second-order valence-electron chi connectivity index (χ2n) is 4.62. The van der Waals surface area contributed by atoms with Crippen molar-refractivity contribution in [1.29, 1.82) is 0 Å². The summed E-state index contributed by atoms with van der Waals surface area (Å²) in [4.78, 5) is 23.1. The Bertz CT molecular complexity index is 427. The third-order valence-electron chi connectivity index (χ3n) is 3.44. The summed E-state index contributed by atoms with van der Waals surface area (Å²) >= 11 is 1.10. The van der Waals surface area contributed by atoms with Crippen molar-refractivity contribution in [3.05, 3.63) is 11.1 Å². The van der Waals surface area contributed by atoms with Gasteiger partial charge < -0.3 is 10.4 Å². The number of amides is 1. The first-order valence-corrected chi connectivity index (χ1v) is 6.76. The highest BCUT2D eigenvalue weighted by molar-refractivity contribution is 7.03. The first-order valence-electron chi connectivity index (χ1n) is 5.93. The lowest BCUT2D eigenvalue weighted by Gasteiger charge is -2.33. The Hall–Kier alpha value is -1.50. The molecule has 1 aliphatic rings. The van der Waals surface area contributed by atoms with Crippen LogP contribution >= 0.6 is 11.5 Å². The predicted octanol–water partition coefficient (Wildman–Crippen LogP) is 1.30. The van der Waals surface area contributed by atoms with Crippen molar-refractivity contribution in [3.63, 3.8) is 0 Å². The Labute approximate surface area is 109 Å². The van der Waals surface area contributed by atoms with E-state index in [1.54, 1.807) is 5.38 Å². The van der Waals surface area contributed by atoms with Gasteiger partial charge >= 0.3 is 5.97 Å². The van der Waals surface area contributed by atoms with Crippen molar-refractivity contribution >= 4 is 23.4 Å². The molecule has 98 valence electrons. The molecule has 1 amide bonds. The lowest BCUT2D eigenvalue weighted by molar-refractivity contribution is -0.150. The van der Waals surface area contributed by atoms with Gasteiger partial charge in [0.25, 0.3) is 5.91 Å². The van der Waals surface area contributed by atoms with Crippen molar-refractivity contribution in [2.75, 3.05) is 6.54 Å². The molecule has 1 heterocycles. The molecule has 1 aromatic rings. The van der Waals surface area contributed by atoms with Crippen LogP contribution in [0.15, 0.2) is 5.38 Å². The average molecular weight is 269 g/mol. The number of carbonyl (C=O) groups is 2. The monoisotopic (exact) mass is 269 g/mol. The number of rotatable bonds is 4. The molecule has 2 N–H and O–H groups in total. The molecule has 0 bridgehead atoms. The van der Waals surface area contributed by atoms with E-state index < -0.39 is 11.4 Å². The average Bonchev–Trinajstić information content (AvgIpc) is 2.91. The first-order chi connectivity index (χ1) is 8.64. The molecule has 18 heavy (non-hydrogen) atoms. The molecule has 1 aromatic heterocycles. The van der Waals surface area contributed by atoms with E-state index in [0.717, 1.165) is 30.8 Å². The third-order valence-corrected chi connectivity index (χ3v) is 3.95. The van der Waals surface area contributed by atoms with E-state index in [9.17, 15) is 14.7 Å². The fraction of sp³-hybridized carbons (Fsp3) is 0.636. The normalized spacial score (nSPS) is 18.2. The second-order valence-corrected chi connectivity index (χ2v) is 5.23. The molecule has 0 saturated heterocycles. The molecule has 0 aromatic carbocycles. The molecule has 1 fully saturated rings. The maximum atomic E-state index is 11.7. The number of aromatic nitrogens is 2. The zero-order chi connectivity index (χ0) is 13.0. The molecule has 0 aliphatic heterocycles. The van der Waals surface area contributed by atoms with Crippen molar-refractivity contribution in [1.82, 2.24) is 14.9 Å². The van der Waals surface area contributed by atoms with E-state index in [-0.39, 0.29) is 18.1 Å². The van der Waals surface area contributed by atoms with E-state index in [1.807, 2.05) is 0 Å². The van der Waals surface area contributed by atoms with Crippen molar-refractivity contribution in [2.45, 2.75) is 32.1 Å². The van der Waals surface area contributed by atoms with Crippen molar-refractivity contribution < 1.29 is 14.7 Å². The Morgan fingerprint density at radius 1 is 1.39 bits per heavy atom. The van der Waals surface area contributed by atoms with Gasteiger partial charge in [0.15, 0.2) is 5.69 Å². The zero-order valence-corrected chi connectivity index (χ0v) is 10.7. The largest absolute Gasteiger partial charge is 0.481 e. The van der Waals surface area contributed by atoms with E-state index >= 15 is 0 Å². The summed E-state index contributed by atoms with van der Waals surface area (Å²) in [5.74, 6) is -1.17. The van der Waals surface area contributed by atoms with Crippen LogP contribution in [0.2, 0.25) is 0 Å². The van der Waals surface area contributed by atoms with Crippen LogP contribution in [0.25, 0.3) is 0 Å². The summed E-state index contributed by atoms with van der Waals surface area (Å²) in [5.41, 5.74) is -0.562. The minimum absolute atomic E-state index is 0.165. The van der Waals surface area contributed by atoms with Crippen LogP contribution in [0, 0.1) is 5.41 Å². The summed E-state index contributed by atoms with van der Waals surface area (Å²) in [6, 6.07) is 0. The van der Waals surface area contributed by atoms with Crippen LogP contribution < -0.4 is 5.32 Å². The molecule has 0 spiro atoms. The van der Waals surface area contributed by atoms with Crippen LogP contribution in [0.1, 0.15) is 42.6 Å². The summed E-state index contributed by atoms with van der Waals surface area (Å²) in [5, 5.41) is 17.2. The van der Waals surface area contributed by atoms with Gasteiger partial charge in [-0.2, -0.15) is 0 Å². The lowest BCUT2D eigenvalue weighted by Crippen LogP contribution is -2.44. The second kappa shape index (κ2) is 5.43. The number of carboxylic acids is 1. The van der Waals surface area contributed by atoms with Crippen molar-refractivity contribution in [3.8, 4) is 0 Å². The van der Waals surface area contributed by atoms with Gasteiger partial charge in [0.05, 0.1) is 5.41 Å². The highest BCUT2D eigenvalue weighted by Crippen LogP contribution is 2.36. The summed E-state index contributed by atoms with van der Waals surface area (Å²) in [6.45, 7) is 0.165. The van der Waals surface area contributed by atoms with E-state index in [2.05, 4.69) is 14.9 Å². The summed E-state index contributed by atoms with van der Waals surface area (Å²) in [6.07, 6.45) is 4.12. The summed E-state index contributed by atoms with van der Waals surface area (Å²) < 4.78 is 3.60. The van der Waals surface area contributed by atoms with E-state index in [4.69, 9.17) is 0 Å². The molecular weight excluding hydrogens is 254 g/mol. The fourth-order valence-electron chi connectivity index (χ4n) is 2.30. The van der Waals surface area contributed by atoms with Crippen LogP contribution in [0.3, 0.4) is 0 Å². The van der Waals surface area contributed by atoms with Gasteiger partial charge in [-0.15, -0.1) is 5.10 Å². The van der Waals surface area contributed by atoms with E-state index in [1.165, 1.54) is 0 Å². The van der Waals surface area contributed by atoms with Crippen LogP contribution in [0.5, 0.6) is 0 Å². The maximum Gasteiger partial charge on any atom is 0.311 e. The molecule has 0 unspecified atom stereocenters. The molecule has 6 nitrogen and oxygen atoms in total. The highest BCUT2D eigenvalue weighted by atomic mass is 32.1. The standard InChI is InChI=1S/C11H15N3O3S/c15-9(8-6-18-14-13-8)12-7-11(10(16)17)4-2-1-3-5-11/h6H,1-5,7H2,(H,12,15)(H,16,17). The smallest absolute Gasteiger partial charge is 0.311 e. The quantitative estimate of drug-likeness (QED) is 0.859. The predicted molar refractivity (Wildman–Crippen MR) is 65.4 cm³/mol. The number of hydrogen-bond acceptors (Lipinski definition) is 5. The number of carboxylic acid groups (broad SMARTS) is 1. The van der Waals surface area contributed by atoms with Crippen LogP contribution in [0.4, 0.5) is 0 Å². The number of nitrogens with one attached hydrogen (secondary N) is 1. The number of aliphatic carboxylic acids is 1. The van der Waals surface area contributed by atoms with Crippen molar-refractivity contribution in [2.24, 2.45) is 5.41 Å². The van der Waals surface area contributed by atoms with Gasteiger partial charge in [-0.25, -0.2) is 0 Å². The molecule has 2 rings (SSSR count). The third kappa shape index (κ3) is 2.66. The number of carbonyl (C=O) groups excluding carboxylic acids is 1. The van der Waals surface area contributed by atoms with Gasteiger partial charge in [0, 0.05) is 11.9 Å². The highest BCUT2D eigenvalue weighted by Gasteiger charge is 2.39. The molecule has 1 aliphatic carbocycles. The molecule has 0 radical (unpaired) electrons. The minimum atomic E-state index is -0.820. The van der Waals surface area contributed by atoms with Gasteiger partial charge in [0.2, 0.25) is 0 Å². The number of nitrogens with zero attached hydrogens (tertiary/aromatic N) is 2. The zero-order valence-electron chi connectivity index (χ0n) is 9.89. The Morgan fingerprint density at radius 3 is 2.67 bits per heavy atom. The first kappa shape index (κ1) is 12.9. The molecule has 1 saturated carbocycles. The molecule has 7 heteroatoms. The van der Waals surface area contributed by atoms with Crippen LogP contribution in [-0.4, -0.2) is 33.1 Å². The Morgan fingerprint density at radius 2 is 2.11 bits per heavy atom. The maximum absolute atomic E-state index is 11.7. The SMILES string of the molecule is O=C(NCC1(C(=O)O)CCCCC1)c1csnn1. The van der Waals surface area contributed by atoms with Gasteiger partial charge in [-0.3, -0.25) is 9.59 Å². The van der Waals surface area contributed by atoms with Gasteiger partial charge in [0.1, 0.15) is 0 Å². The lowest BCUT2D eigenvalue weighted by atomic mass is 9.74. The Balaban J connectivity index is 1.98. The Kier molecular flexibility index (Phi) is 3.90. The fourth-order valence-corrected chi connectivity index (χ4v) is 2.73. The topological polar surface area (TPSA) is 92.2 Å². The molecule has 0 atom stereocenters. The van der Waals surface area contributed by atoms with Gasteiger partial charge in [-0.1, -0.05) is 23.8 Å². The van der Waals surface area contributed by atoms with Gasteiger partial charge in [-0.05, 0) is 24.4 Å². The minimum Gasteiger partial charge on any atom is -0.481 e. The summed E-state index contributed by atoms with van der Waals surface area (Å²) in [7, 11) is 0. The number of hydrogen-bond donors (Lipinski definition) is 2. The van der Waals surface area contributed by atoms with Crippen LogP contribution in [-0.2, 0) is 4.79 Å². The molecular formula is C11H15N3O3S. The van der Waals surface area contributed by atoms with E-state index in [0.29, 0.717) is 12.8 Å².